The number of nitrogens with zero attached hydrogens (tertiary/aromatic N) is 4. The summed E-state index contributed by atoms with van der Waals surface area (Å²) < 4.78 is 10.8. The van der Waals surface area contributed by atoms with Crippen LogP contribution >= 0.6 is 0 Å². The fraction of sp³-hybridized carbons (Fsp3) is 0.192. The van der Waals surface area contributed by atoms with Crippen LogP contribution in [0.3, 0.4) is 0 Å². The van der Waals surface area contributed by atoms with Crippen molar-refractivity contribution in [3.05, 3.63) is 69.8 Å². The third-order valence-corrected chi connectivity index (χ3v) is 5.78. The molecule has 0 fully saturated rings. The molecule has 0 saturated carbocycles. The van der Waals surface area contributed by atoms with Gasteiger partial charge in [0.25, 0.3) is 0 Å². The smallest absolute Gasteiger partial charge is 0.356 e. The number of hydrogen-bond donors (Lipinski definition) is 1. The molecule has 0 bridgehead atoms. The first-order valence-corrected chi connectivity index (χ1v) is 10.3. The molecular weight excluding hydrogens is 430 g/mol. The van der Waals surface area contributed by atoms with Crippen LogP contribution in [-0.4, -0.2) is 28.6 Å². The highest BCUT2D eigenvalue weighted by atomic mass is 16.5. The maximum Gasteiger partial charge on any atom is 0.356 e. The van der Waals surface area contributed by atoms with Gasteiger partial charge in [0.05, 0.1) is 18.3 Å². The molecule has 1 aliphatic rings. The third kappa shape index (κ3) is 3.37. The first-order chi connectivity index (χ1) is 16.3. The summed E-state index contributed by atoms with van der Waals surface area (Å²) in [7, 11) is 1.30. The van der Waals surface area contributed by atoms with Crippen LogP contribution in [0.5, 0.6) is 0 Å². The Labute approximate surface area is 195 Å². The second-order valence-corrected chi connectivity index (χ2v) is 8.16. The predicted molar refractivity (Wildman–Crippen MR) is 125 cm³/mol. The molecule has 3 heterocycles. The number of aromatic nitrogens is 2. The topological polar surface area (TPSA) is 136 Å². The summed E-state index contributed by atoms with van der Waals surface area (Å²) in [6.45, 7) is 5.30. The van der Waals surface area contributed by atoms with Crippen molar-refractivity contribution < 1.29 is 14.3 Å². The Balaban J connectivity index is 2.00. The van der Waals surface area contributed by atoms with Crippen LogP contribution < -0.4 is 0 Å². The zero-order valence-electron chi connectivity index (χ0n) is 19.0. The molecule has 1 aromatic carbocycles. The van der Waals surface area contributed by atoms with Crippen molar-refractivity contribution in [2.75, 3.05) is 7.11 Å². The van der Waals surface area contributed by atoms with Crippen molar-refractivity contribution in [1.29, 1.82) is 15.8 Å². The Morgan fingerprint density at radius 3 is 2.53 bits per heavy atom. The molecule has 2 aromatic heterocycles. The van der Waals surface area contributed by atoms with E-state index in [4.69, 9.17) is 9.47 Å². The summed E-state index contributed by atoms with van der Waals surface area (Å²) in [4.78, 5) is 20.4. The molecule has 0 spiro atoms. The normalized spacial score (nSPS) is 14.7. The number of nitrogens with one attached hydrogen (secondary N) is 1. The van der Waals surface area contributed by atoms with Crippen LogP contribution in [-0.2, 0) is 9.47 Å². The fourth-order valence-electron chi connectivity index (χ4n) is 4.16. The Hall–Kier alpha value is -4.87. The van der Waals surface area contributed by atoms with E-state index in [0.717, 1.165) is 21.8 Å². The van der Waals surface area contributed by atoms with E-state index in [2.05, 4.69) is 16.0 Å². The van der Waals surface area contributed by atoms with Gasteiger partial charge in [0.2, 0.25) is 0 Å². The van der Waals surface area contributed by atoms with Gasteiger partial charge in [-0.1, -0.05) is 24.3 Å². The molecule has 0 atom stereocenters. The molecule has 34 heavy (non-hydrogen) atoms. The van der Waals surface area contributed by atoms with E-state index < -0.39 is 11.6 Å². The summed E-state index contributed by atoms with van der Waals surface area (Å²) in [5.41, 5.74) is 2.31. The van der Waals surface area contributed by atoms with Gasteiger partial charge in [-0.05, 0) is 38.5 Å². The maximum absolute atomic E-state index is 12.5. The molecule has 0 unspecified atom stereocenters. The number of para-hydroxylation sites is 1. The van der Waals surface area contributed by atoms with Gasteiger partial charge in [-0.15, -0.1) is 0 Å². The number of ether oxygens (including phenoxy) is 2. The lowest BCUT2D eigenvalue weighted by Gasteiger charge is -2.20. The summed E-state index contributed by atoms with van der Waals surface area (Å²) in [6, 6.07) is 13.3. The van der Waals surface area contributed by atoms with Crippen LogP contribution in [0.15, 0.2) is 52.8 Å². The summed E-state index contributed by atoms with van der Waals surface area (Å²) in [5, 5.41) is 30.1. The molecule has 8 nitrogen and oxygen atoms in total. The number of methoxy groups -OCH3 is 1. The van der Waals surface area contributed by atoms with E-state index in [1.807, 2.05) is 31.2 Å². The van der Waals surface area contributed by atoms with E-state index in [1.54, 1.807) is 38.1 Å². The molecule has 1 N–H and O–H groups in total. The van der Waals surface area contributed by atoms with E-state index in [1.165, 1.54) is 7.11 Å². The van der Waals surface area contributed by atoms with E-state index in [-0.39, 0.29) is 22.6 Å². The number of benzene rings is 1. The highest BCUT2D eigenvalue weighted by molar-refractivity contribution is 6.13. The predicted octanol–water partition coefficient (Wildman–Crippen LogP) is 4.75. The van der Waals surface area contributed by atoms with Gasteiger partial charge in [-0.25, -0.2) is 9.78 Å². The van der Waals surface area contributed by atoms with Crippen molar-refractivity contribution in [3.8, 4) is 18.2 Å². The molecular formula is C26H19N5O3. The molecule has 0 aliphatic carbocycles. The number of allylic oxidation sites excluding steroid dienone is 2. The molecule has 1 aliphatic heterocycles. The van der Waals surface area contributed by atoms with Crippen LogP contribution in [0.25, 0.3) is 27.9 Å². The van der Waals surface area contributed by atoms with Crippen molar-refractivity contribution in [2.45, 2.75) is 26.4 Å². The van der Waals surface area contributed by atoms with Crippen molar-refractivity contribution in [2.24, 2.45) is 0 Å². The van der Waals surface area contributed by atoms with Crippen LogP contribution in [0.2, 0.25) is 0 Å². The Kier molecular flexibility index (Phi) is 5.41. The number of aromatic amines is 1. The van der Waals surface area contributed by atoms with Gasteiger partial charge in [0.1, 0.15) is 29.4 Å². The lowest BCUT2D eigenvalue weighted by Crippen LogP contribution is -2.20. The molecule has 0 amide bonds. The largest absolute Gasteiger partial charge is 0.480 e. The third-order valence-electron chi connectivity index (χ3n) is 5.78. The minimum Gasteiger partial charge on any atom is -0.480 e. The van der Waals surface area contributed by atoms with Gasteiger partial charge >= 0.3 is 5.97 Å². The van der Waals surface area contributed by atoms with Crippen LogP contribution in [0.4, 0.5) is 0 Å². The highest BCUT2D eigenvalue weighted by Crippen LogP contribution is 2.41. The zero-order valence-corrected chi connectivity index (χ0v) is 19.0. The molecule has 0 saturated heterocycles. The maximum atomic E-state index is 12.5. The zero-order chi connectivity index (χ0) is 24.6. The van der Waals surface area contributed by atoms with Crippen LogP contribution in [0, 0.1) is 40.9 Å². The number of carbonyl (C=O) groups excluding carboxylic acids is 1. The van der Waals surface area contributed by atoms with E-state index in [9.17, 15) is 20.6 Å². The average Bonchev–Trinajstić information content (AvgIpc) is 3.34. The quantitative estimate of drug-likeness (QED) is 0.450. The van der Waals surface area contributed by atoms with Crippen LogP contribution in [0.1, 0.15) is 35.6 Å². The number of fused-ring (bicyclic) bond motifs is 3. The number of esters is 1. The number of carbonyl (C=O) groups is 1. The Morgan fingerprint density at radius 2 is 1.88 bits per heavy atom. The Bertz CT molecular complexity index is 1580. The van der Waals surface area contributed by atoms with Gasteiger partial charge in [0, 0.05) is 21.9 Å². The van der Waals surface area contributed by atoms with Crippen molar-refractivity contribution in [3.63, 3.8) is 0 Å². The number of nitriles is 3. The number of pyridine rings is 1. The number of H-pyrrole nitrogens is 1. The molecule has 3 aromatic rings. The van der Waals surface area contributed by atoms with E-state index in [0.29, 0.717) is 16.8 Å². The number of rotatable bonds is 3. The number of hydrogen-bond acceptors (Lipinski definition) is 7. The lowest BCUT2D eigenvalue weighted by atomic mass is 9.94. The number of aryl methyl sites for hydroxylation is 1. The summed E-state index contributed by atoms with van der Waals surface area (Å²) in [6.07, 6.45) is 3.35. The van der Waals surface area contributed by atoms with Gasteiger partial charge in [-0.2, -0.15) is 15.8 Å². The summed E-state index contributed by atoms with van der Waals surface area (Å²) in [5.74, 6) is -0.598. The standard InChI is InChI=1S/C26H19N5O3/c1-14-21-16-7-5-6-8-19(16)30-23(21)20(31-22(14)25(32)33-4)10-9-18-17(13-29)24(15(11-27)12-28)34-26(18,2)3/h5-10,30H,1-4H3/b10-9+. The Morgan fingerprint density at radius 1 is 1.18 bits per heavy atom. The molecule has 4 rings (SSSR count). The monoisotopic (exact) mass is 449 g/mol. The molecule has 0 radical (unpaired) electrons. The first kappa shape index (κ1) is 22.3. The first-order valence-electron chi connectivity index (χ1n) is 10.3. The van der Waals surface area contributed by atoms with Gasteiger partial charge < -0.3 is 14.5 Å². The second-order valence-electron chi connectivity index (χ2n) is 8.16. The van der Waals surface area contributed by atoms with Crippen molar-refractivity contribution >= 4 is 33.9 Å². The van der Waals surface area contributed by atoms with E-state index >= 15 is 0 Å². The molecule has 8 heteroatoms. The molecule has 166 valence electrons. The van der Waals surface area contributed by atoms with Crippen molar-refractivity contribution in [1.82, 2.24) is 9.97 Å². The second kappa shape index (κ2) is 8.24. The van der Waals surface area contributed by atoms with Gasteiger partial charge in [0.15, 0.2) is 17.0 Å². The lowest BCUT2D eigenvalue weighted by molar-refractivity contribution is 0.0593. The minimum absolute atomic E-state index is 0.0416. The summed E-state index contributed by atoms with van der Waals surface area (Å²) >= 11 is 0. The fourth-order valence-corrected chi connectivity index (χ4v) is 4.16. The minimum atomic E-state index is -0.967. The highest BCUT2D eigenvalue weighted by Gasteiger charge is 2.38. The SMILES string of the molecule is COC(=O)c1nc(/C=C/C2=C(C#N)C(=C(C#N)C#N)OC2(C)C)c2[nH]c3ccccc3c2c1C. The average molecular weight is 449 g/mol. The van der Waals surface area contributed by atoms with Gasteiger partial charge in [-0.3, -0.25) is 0 Å².